The van der Waals surface area contributed by atoms with Crippen LogP contribution in [0.1, 0.15) is 22.3 Å². The Bertz CT molecular complexity index is 1260. The molecule has 6 nitrogen and oxygen atoms in total. The molecule has 0 saturated carbocycles. The summed E-state index contributed by atoms with van der Waals surface area (Å²) in [7, 11) is 1.58. The highest BCUT2D eigenvalue weighted by Gasteiger charge is 2.33. The fraction of sp³-hybridized carbons (Fsp3) is 0.154. The molecule has 34 heavy (non-hydrogen) atoms. The minimum atomic E-state index is -0.434. The minimum absolute atomic E-state index is 0.217. The molecular formula is C26H22I2N2O4. The van der Waals surface area contributed by atoms with Crippen LogP contribution in [0.4, 0.5) is 4.79 Å². The first-order valence-corrected chi connectivity index (χ1v) is 12.6. The molecule has 1 N–H and O–H groups in total. The summed E-state index contributed by atoms with van der Waals surface area (Å²) in [4.78, 5) is 26.6. The van der Waals surface area contributed by atoms with Crippen molar-refractivity contribution in [1.82, 2.24) is 10.2 Å². The van der Waals surface area contributed by atoms with E-state index in [0.29, 0.717) is 18.1 Å². The molecule has 174 valence electrons. The quantitative estimate of drug-likeness (QED) is 0.192. The van der Waals surface area contributed by atoms with E-state index in [2.05, 4.69) is 50.5 Å². The SMILES string of the molecule is COc1cc(/C=C2/NC(=O)N(Cc3ccc(C)cc3)C2=O)cc(I)c1OCc1ccc(I)cc1. The van der Waals surface area contributed by atoms with E-state index in [1.54, 1.807) is 19.3 Å². The number of ether oxygens (including phenoxy) is 2. The fourth-order valence-electron chi connectivity index (χ4n) is 3.46. The Morgan fingerprint density at radius 1 is 0.971 bits per heavy atom. The van der Waals surface area contributed by atoms with Gasteiger partial charge in [-0.25, -0.2) is 4.79 Å². The van der Waals surface area contributed by atoms with E-state index < -0.39 is 6.03 Å². The minimum Gasteiger partial charge on any atom is -0.493 e. The van der Waals surface area contributed by atoms with Crippen LogP contribution in [0, 0.1) is 14.1 Å². The van der Waals surface area contributed by atoms with Gasteiger partial charge in [0.15, 0.2) is 11.5 Å². The zero-order chi connectivity index (χ0) is 24.2. The Hall–Kier alpha value is -2.60. The highest BCUT2D eigenvalue weighted by atomic mass is 127. The van der Waals surface area contributed by atoms with E-state index in [9.17, 15) is 9.59 Å². The van der Waals surface area contributed by atoms with Crippen LogP contribution in [0.3, 0.4) is 0 Å². The number of hydrogen-bond donors (Lipinski definition) is 1. The van der Waals surface area contributed by atoms with E-state index in [4.69, 9.17) is 9.47 Å². The predicted molar refractivity (Wildman–Crippen MR) is 147 cm³/mol. The molecule has 0 aromatic heterocycles. The first-order chi connectivity index (χ1) is 16.3. The zero-order valence-electron chi connectivity index (χ0n) is 18.6. The van der Waals surface area contributed by atoms with Crippen LogP contribution in [0.2, 0.25) is 0 Å². The second-order valence-corrected chi connectivity index (χ2v) is 10.2. The number of amides is 3. The maximum Gasteiger partial charge on any atom is 0.329 e. The van der Waals surface area contributed by atoms with Gasteiger partial charge >= 0.3 is 6.03 Å². The number of nitrogens with one attached hydrogen (secondary N) is 1. The first kappa shape index (κ1) is 24.5. The summed E-state index contributed by atoms with van der Waals surface area (Å²) in [5.74, 6) is 0.822. The van der Waals surface area contributed by atoms with Crippen molar-refractivity contribution in [3.8, 4) is 11.5 Å². The Morgan fingerprint density at radius 2 is 1.65 bits per heavy atom. The van der Waals surface area contributed by atoms with E-state index in [1.807, 2.05) is 61.5 Å². The summed E-state index contributed by atoms with van der Waals surface area (Å²) in [6.45, 7) is 2.62. The molecular weight excluding hydrogens is 658 g/mol. The van der Waals surface area contributed by atoms with Crippen LogP contribution in [0.15, 0.2) is 66.4 Å². The summed E-state index contributed by atoms with van der Waals surface area (Å²) in [6, 6.07) is 19.1. The number of carbonyl (C=O) groups is 2. The van der Waals surface area contributed by atoms with Crippen molar-refractivity contribution < 1.29 is 19.1 Å². The molecule has 0 spiro atoms. The lowest BCUT2D eigenvalue weighted by Crippen LogP contribution is -2.30. The molecule has 0 bridgehead atoms. The molecule has 1 fully saturated rings. The van der Waals surface area contributed by atoms with Crippen LogP contribution in [-0.2, 0) is 17.9 Å². The molecule has 0 unspecified atom stereocenters. The number of halogens is 2. The smallest absolute Gasteiger partial charge is 0.329 e. The van der Waals surface area contributed by atoms with E-state index in [-0.39, 0.29) is 18.1 Å². The lowest BCUT2D eigenvalue weighted by molar-refractivity contribution is -0.123. The van der Waals surface area contributed by atoms with Gasteiger partial charge in [0.1, 0.15) is 12.3 Å². The second-order valence-electron chi connectivity index (χ2n) is 7.81. The molecule has 3 aromatic carbocycles. The molecule has 3 aromatic rings. The molecule has 4 rings (SSSR count). The third-order valence-corrected chi connectivity index (χ3v) is 6.80. The molecule has 1 aliphatic heterocycles. The lowest BCUT2D eigenvalue weighted by atomic mass is 10.1. The number of methoxy groups -OCH3 is 1. The Labute approximate surface area is 225 Å². The van der Waals surface area contributed by atoms with Gasteiger partial charge in [-0.05, 0) is 99.1 Å². The summed E-state index contributed by atoms with van der Waals surface area (Å²) in [6.07, 6.45) is 1.66. The average Bonchev–Trinajstić information content (AvgIpc) is 3.07. The summed E-state index contributed by atoms with van der Waals surface area (Å²) < 4.78 is 13.6. The van der Waals surface area contributed by atoms with Gasteiger partial charge in [-0.2, -0.15) is 0 Å². The van der Waals surface area contributed by atoms with Gasteiger partial charge in [0, 0.05) is 3.57 Å². The van der Waals surface area contributed by atoms with E-state index in [1.165, 1.54) is 4.90 Å². The number of carbonyl (C=O) groups excluding carboxylic acids is 2. The van der Waals surface area contributed by atoms with Crippen molar-refractivity contribution in [2.75, 3.05) is 7.11 Å². The van der Waals surface area contributed by atoms with Gasteiger partial charge in [-0.1, -0.05) is 42.0 Å². The molecule has 3 amide bonds. The van der Waals surface area contributed by atoms with Gasteiger partial charge in [-0.3, -0.25) is 9.69 Å². The van der Waals surface area contributed by atoms with Crippen LogP contribution in [0.5, 0.6) is 11.5 Å². The van der Waals surface area contributed by atoms with Crippen molar-refractivity contribution in [3.63, 3.8) is 0 Å². The molecule has 0 radical (unpaired) electrons. The normalized spacial score (nSPS) is 14.5. The number of imide groups is 1. The summed E-state index contributed by atoms with van der Waals surface area (Å²) in [5, 5.41) is 2.68. The van der Waals surface area contributed by atoms with Crippen molar-refractivity contribution >= 4 is 63.2 Å². The van der Waals surface area contributed by atoms with Crippen molar-refractivity contribution in [2.24, 2.45) is 0 Å². The molecule has 8 heteroatoms. The van der Waals surface area contributed by atoms with Crippen molar-refractivity contribution in [3.05, 3.63) is 95.8 Å². The average molecular weight is 680 g/mol. The number of nitrogens with zero attached hydrogens (tertiary/aromatic N) is 1. The standard InChI is InChI=1S/C26H22I2N2O4/c1-16-3-5-17(6-4-16)14-30-25(31)22(29-26(30)32)12-19-11-21(28)24(23(13-19)33-2)34-15-18-7-9-20(27)10-8-18/h3-13H,14-15H2,1-2H3,(H,29,32)/b22-12+. The Kier molecular flexibility index (Phi) is 7.77. The second kappa shape index (κ2) is 10.8. The zero-order valence-corrected chi connectivity index (χ0v) is 22.9. The molecule has 0 aliphatic carbocycles. The molecule has 0 atom stereocenters. The van der Waals surface area contributed by atoms with E-state index >= 15 is 0 Å². The topological polar surface area (TPSA) is 67.9 Å². The highest BCUT2D eigenvalue weighted by molar-refractivity contribution is 14.1. The summed E-state index contributed by atoms with van der Waals surface area (Å²) >= 11 is 4.45. The number of urea groups is 1. The molecule has 1 saturated heterocycles. The van der Waals surface area contributed by atoms with Crippen molar-refractivity contribution in [2.45, 2.75) is 20.1 Å². The Balaban J connectivity index is 1.52. The third kappa shape index (κ3) is 5.72. The number of rotatable bonds is 7. The predicted octanol–water partition coefficient (Wildman–Crippen LogP) is 5.88. The first-order valence-electron chi connectivity index (χ1n) is 10.5. The van der Waals surface area contributed by atoms with Gasteiger partial charge in [0.25, 0.3) is 5.91 Å². The third-order valence-electron chi connectivity index (χ3n) is 5.28. The monoisotopic (exact) mass is 680 g/mol. The fourth-order valence-corrected chi connectivity index (χ4v) is 4.60. The van der Waals surface area contributed by atoms with Crippen LogP contribution >= 0.6 is 45.2 Å². The van der Waals surface area contributed by atoms with Gasteiger partial charge in [-0.15, -0.1) is 0 Å². The van der Waals surface area contributed by atoms with E-state index in [0.717, 1.165) is 29.4 Å². The molecule has 1 aliphatic rings. The number of benzene rings is 3. The molecule has 1 heterocycles. The van der Waals surface area contributed by atoms with Gasteiger partial charge in [0.05, 0.1) is 17.2 Å². The largest absolute Gasteiger partial charge is 0.493 e. The highest BCUT2D eigenvalue weighted by Crippen LogP contribution is 2.35. The van der Waals surface area contributed by atoms with Crippen LogP contribution in [0.25, 0.3) is 6.08 Å². The van der Waals surface area contributed by atoms with Gasteiger partial charge in [0.2, 0.25) is 0 Å². The van der Waals surface area contributed by atoms with Crippen LogP contribution in [-0.4, -0.2) is 23.9 Å². The maximum absolute atomic E-state index is 12.9. The number of aryl methyl sites for hydroxylation is 1. The van der Waals surface area contributed by atoms with Gasteiger partial charge < -0.3 is 14.8 Å². The van der Waals surface area contributed by atoms with Crippen LogP contribution < -0.4 is 14.8 Å². The maximum atomic E-state index is 12.9. The van der Waals surface area contributed by atoms with Crippen molar-refractivity contribution in [1.29, 1.82) is 0 Å². The Morgan fingerprint density at radius 3 is 2.32 bits per heavy atom. The lowest BCUT2D eigenvalue weighted by Gasteiger charge is -2.14. The summed E-state index contributed by atoms with van der Waals surface area (Å²) in [5.41, 5.74) is 4.01. The number of hydrogen-bond acceptors (Lipinski definition) is 4.